The molecule has 1 rings (SSSR count). The van der Waals surface area contributed by atoms with Crippen LogP contribution in [0.1, 0.15) is 34.8 Å². The Labute approximate surface area is 124 Å². The van der Waals surface area contributed by atoms with E-state index in [1.165, 1.54) is 6.08 Å². The van der Waals surface area contributed by atoms with Gasteiger partial charge in [0.2, 0.25) is 0 Å². The Morgan fingerprint density at radius 3 is 2.67 bits per heavy atom. The topological polar surface area (TPSA) is 75.6 Å². The Hall–Kier alpha value is -2.14. The molecule has 114 valence electrons. The quantitative estimate of drug-likeness (QED) is 0.755. The summed E-state index contributed by atoms with van der Waals surface area (Å²) in [4.78, 5) is 22.7. The minimum absolute atomic E-state index is 0.0191. The van der Waals surface area contributed by atoms with Gasteiger partial charge in [-0.15, -0.1) is 0 Å². The number of rotatable bonds is 7. The van der Waals surface area contributed by atoms with Gasteiger partial charge in [0, 0.05) is 18.7 Å². The molecule has 1 atom stereocenters. The van der Waals surface area contributed by atoms with Gasteiger partial charge in [0.1, 0.15) is 0 Å². The molecular formula is C16H21NO4. The first kappa shape index (κ1) is 16.9. The van der Waals surface area contributed by atoms with E-state index in [-0.39, 0.29) is 11.9 Å². The Balaban J connectivity index is 2.83. The molecule has 2 N–H and O–H groups in total. The van der Waals surface area contributed by atoms with Crippen LogP contribution in [-0.4, -0.2) is 36.7 Å². The van der Waals surface area contributed by atoms with Gasteiger partial charge in [0.05, 0.1) is 12.6 Å². The summed E-state index contributed by atoms with van der Waals surface area (Å²) in [5.74, 6) is -1.16. The number of aryl methyl sites for hydroxylation is 1. The van der Waals surface area contributed by atoms with Crippen LogP contribution in [0.2, 0.25) is 0 Å². The van der Waals surface area contributed by atoms with Crippen molar-refractivity contribution in [3.8, 4) is 0 Å². The number of hydrogen-bond donors (Lipinski definition) is 2. The standard InChI is InChI=1S/C16H21NO4/c1-4-14(10-21-3)17-16(20)13-6-5-12(11(2)9-13)7-8-15(18)19/h5-9,14H,4,10H2,1-3H3,(H,17,20)(H,18,19)/b8-7+. The lowest BCUT2D eigenvalue weighted by Gasteiger charge is -2.16. The Kier molecular flexibility index (Phi) is 6.62. The molecule has 1 aromatic carbocycles. The number of benzene rings is 1. The normalized spacial score (nSPS) is 12.3. The van der Waals surface area contributed by atoms with E-state index in [0.29, 0.717) is 12.2 Å². The third-order valence-corrected chi connectivity index (χ3v) is 3.13. The molecule has 5 nitrogen and oxygen atoms in total. The smallest absolute Gasteiger partial charge is 0.328 e. The van der Waals surface area contributed by atoms with Gasteiger partial charge in [0.25, 0.3) is 5.91 Å². The van der Waals surface area contributed by atoms with E-state index in [4.69, 9.17) is 9.84 Å². The average molecular weight is 291 g/mol. The molecule has 0 saturated carbocycles. The number of amides is 1. The van der Waals surface area contributed by atoms with Crippen LogP contribution in [0, 0.1) is 6.92 Å². The highest BCUT2D eigenvalue weighted by molar-refractivity contribution is 5.95. The first-order valence-corrected chi connectivity index (χ1v) is 6.79. The Morgan fingerprint density at radius 2 is 2.14 bits per heavy atom. The summed E-state index contributed by atoms with van der Waals surface area (Å²) in [6.45, 7) is 4.29. The van der Waals surface area contributed by atoms with Crippen molar-refractivity contribution in [3.63, 3.8) is 0 Å². The van der Waals surface area contributed by atoms with Gasteiger partial charge in [-0.25, -0.2) is 4.79 Å². The molecule has 0 bridgehead atoms. The molecule has 0 aromatic heterocycles. The molecule has 21 heavy (non-hydrogen) atoms. The van der Waals surface area contributed by atoms with E-state index < -0.39 is 5.97 Å². The molecule has 1 unspecified atom stereocenters. The first-order valence-electron chi connectivity index (χ1n) is 6.79. The largest absolute Gasteiger partial charge is 0.478 e. The van der Waals surface area contributed by atoms with Crippen molar-refractivity contribution >= 4 is 18.0 Å². The zero-order valence-corrected chi connectivity index (χ0v) is 12.6. The second-order valence-electron chi connectivity index (χ2n) is 4.78. The Morgan fingerprint density at radius 1 is 1.43 bits per heavy atom. The zero-order valence-electron chi connectivity index (χ0n) is 12.6. The molecule has 1 aromatic rings. The van der Waals surface area contributed by atoms with Crippen molar-refractivity contribution in [1.82, 2.24) is 5.32 Å². The third kappa shape index (κ3) is 5.39. The summed E-state index contributed by atoms with van der Waals surface area (Å²) in [5, 5.41) is 11.5. The Bertz CT molecular complexity index is 537. The van der Waals surface area contributed by atoms with E-state index >= 15 is 0 Å². The highest BCUT2D eigenvalue weighted by Gasteiger charge is 2.12. The lowest BCUT2D eigenvalue weighted by molar-refractivity contribution is -0.131. The number of hydrogen-bond acceptors (Lipinski definition) is 3. The molecule has 0 aliphatic carbocycles. The second-order valence-corrected chi connectivity index (χ2v) is 4.78. The van der Waals surface area contributed by atoms with E-state index in [9.17, 15) is 9.59 Å². The van der Waals surface area contributed by atoms with Crippen molar-refractivity contribution < 1.29 is 19.4 Å². The lowest BCUT2D eigenvalue weighted by atomic mass is 10.0. The summed E-state index contributed by atoms with van der Waals surface area (Å²) in [5.41, 5.74) is 2.17. The van der Waals surface area contributed by atoms with Crippen LogP contribution >= 0.6 is 0 Å². The fourth-order valence-electron chi connectivity index (χ4n) is 1.90. The molecule has 5 heteroatoms. The van der Waals surface area contributed by atoms with Crippen molar-refractivity contribution in [2.24, 2.45) is 0 Å². The van der Waals surface area contributed by atoms with Crippen LogP contribution in [-0.2, 0) is 9.53 Å². The summed E-state index contributed by atoms with van der Waals surface area (Å²) in [6, 6.07) is 5.15. The van der Waals surface area contributed by atoms with Gasteiger partial charge in [-0.1, -0.05) is 13.0 Å². The molecular weight excluding hydrogens is 270 g/mol. The van der Waals surface area contributed by atoms with Crippen LogP contribution < -0.4 is 5.32 Å². The van der Waals surface area contributed by atoms with E-state index in [1.807, 2.05) is 13.8 Å². The maximum Gasteiger partial charge on any atom is 0.328 e. The third-order valence-electron chi connectivity index (χ3n) is 3.13. The van der Waals surface area contributed by atoms with Crippen molar-refractivity contribution in [3.05, 3.63) is 41.0 Å². The summed E-state index contributed by atoms with van der Waals surface area (Å²) < 4.78 is 5.05. The molecule has 0 radical (unpaired) electrons. The van der Waals surface area contributed by atoms with Crippen LogP contribution in [0.3, 0.4) is 0 Å². The van der Waals surface area contributed by atoms with Crippen molar-refractivity contribution in [2.75, 3.05) is 13.7 Å². The predicted molar refractivity (Wildman–Crippen MR) is 81.3 cm³/mol. The number of carboxylic acids is 1. The minimum Gasteiger partial charge on any atom is -0.478 e. The molecule has 0 fully saturated rings. The molecule has 0 aliphatic rings. The van der Waals surface area contributed by atoms with Crippen molar-refractivity contribution in [1.29, 1.82) is 0 Å². The number of carbonyl (C=O) groups excluding carboxylic acids is 1. The molecule has 0 saturated heterocycles. The maximum absolute atomic E-state index is 12.1. The minimum atomic E-state index is -0.999. The van der Waals surface area contributed by atoms with Gasteiger partial charge >= 0.3 is 5.97 Å². The molecule has 0 aliphatic heterocycles. The molecule has 0 spiro atoms. The number of ether oxygens (including phenoxy) is 1. The van der Waals surface area contributed by atoms with Gasteiger partial charge in [-0.05, 0) is 42.7 Å². The number of carboxylic acid groups (broad SMARTS) is 1. The second kappa shape index (κ2) is 8.21. The van der Waals surface area contributed by atoms with Gasteiger partial charge in [-0.3, -0.25) is 4.79 Å². The molecule has 0 heterocycles. The van der Waals surface area contributed by atoms with Gasteiger partial charge in [-0.2, -0.15) is 0 Å². The highest BCUT2D eigenvalue weighted by Crippen LogP contribution is 2.13. The highest BCUT2D eigenvalue weighted by atomic mass is 16.5. The van der Waals surface area contributed by atoms with Crippen LogP contribution in [0.4, 0.5) is 0 Å². The van der Waals surface area contributed by atoms with Crippen LogP contribution in [0.25, 0.3) is 6.08 Å². The maximum atomic E-state index is 12.1. The van der Waals surface area contributed by atoms with Crippen LogP contribution in [0.5, 0.6) is 0 Å². The zero-order chi connectivity index (χ0) is 15.8. The summed E-state index contributed by atoms with van der Waals surface area (Å²) in [6.07, 6.45) is 3.38. The number of aliphatic carboxylic acids is 1. The summed E-state index contributed by atoms with van der Waals surface area (Å²) in [7, 11) is 1.60. The number of carbonyl (C=O) groups is 2. The number of methoxy groups -OCH3 is 1. The first-order chi connectivity index (χ1) is 9.97. The number of nitrogens with one attached hydrogen (secondary N) is 1. The van der Waals surface area contributed by atoms with Crippen LogP contribution in [0.15, 0.2) is 24.3 Å². The van der Waals surface area contributed by atoms with E-state index in [1.54, 1.807) is 25.3 Å². The fraction of sp³-hybridized carbons (Fsp3) is 0.375. The molecule has 1 amide bonds. The fourth-order valence-corrected chi connectivity index (χ4v) is 1.90. The lowest BCUT2D eigenvalue weighted by Crippen LogP contribution is -2.37. The predicted octanol–water partition coefficient (Wildman–Crippen LogP) is 2.25. The average Bonchev–Trinajstić information content (AvgIpc) is 2.45. The van der Waals surface area contributed by atoms with Gasteiger partial charge < -0.3 is 15.2 Å². The van der Waals surface area contributed by atoms with Gasteiger partial charge in [0.15, 0.2) is 0 Å². The van der Waals surface area contributed by atoms with Crippen molar-refractivity contribution in [2.45, 2.75) is 26.3 Å². The monoisotopic (exact) mass is 291 g/mol. The van der Waals surface area contributed by atoms with E-state index in [2.05, 4.69) is 5.32 Å². The summed E-state index contributed by atoms with van der Waals surface area (Å²) >= 11 is 0. The van der Waals surface area contributed by atoms with E-state index in [0.717, 1.165) is 23.6 Å². The SMILES string of the molecule is CCC(COC)NC(=O)c1ccc(/C=C/C(=O)O)c(C)c1.